The molecule has 1 amide bonds. The minimum atomic E-state index is -1.32. The van der Waals surface area contributed by atoms with Gasteiger partial charge >= 0.3 is 0 Å². The first-order chi connectivity index (χ1) is 9.75. The van der Waals surface area contributed by atoms with Crippen LogP contribution in [0.25, 0.3) is 0 Å². The fourth-order valence-corrected chi connectivity index (χ4v) is 2.70. The third kappa shape index (κ3) is 2.91. The Labute approximate surface area is 123 Å². The Morgan fingerprint density at radius 1 is 1.29 bits per heavy atom. The van der Waals surface area contributed by atoms with Gasteiger partial charge in [-0.05, 0) is 26.0 Å². The van der Waals surface area contributed by atoms with Crippen LogP contribution in [0.15, 0.2) is 18.2 Å². The molecule has 21 heavy (non-hydrogen) atoms. The van der Waals surface area contributed by atoms with Crippen LogP contribution in [0.5, 0.6) is 0 Å². The summed E-state index contributed by atoms with van der Waals surface area (Å²) in [5.41, 5.74) is -1.16. The SMILES string of the molecule is CN1CCN(CC(O)c2c(F)cccc2F)C(C)(C)C1=O. The van der Waals surface area contributed by atoms with Crippen LogP contribution in [-0.2, 0) is 4.79 Å². The van der Waals surface area contributed by atoms with Crippen molar-refractivity contribution < 1.29 is 18.7 Å². The van der Waals surface area contributed by atoms with Crippen molar-refractivity contribution in [2.45, 2.75) is 25.5 Å². The average molecular weight is 298 g/mol. The zero-order chi connectivity index (χ0) is 15.8. The van der Waals surface area contributed by atoms with Gasteiger partial charge in [-0.15, -0.1) is 0 Å². The summed E-state index contributed by atoms with van der Waals surface area (Å²) < 4.78 is 27.4. The molecular weight excluding hydrogens is 278 g/mol. The molecule has 0 radical (unpaired) electrons. The second-order valence-electron chi connectivity index (χ2n) is 5.88. The van der Waals surface area contributed by atoms with E-state index in [1.54, 1.807) is 30.7 Å². The molecule has 6 heteroatoms. The van der Waals surface area contributed by atoms with Gasteiger partial charge in [0.05, 0.1) is 17.2 Å². The molecule has 4 nitrogen and oxygen atoms in total. The van der Waals surface area contributed by atoms with E-state index in [1.165, 1.54) is 6.07 Å². The van der Waals surface area contributed by atoms with Crippen molar-refractivity contribution in [2.24, 2.45) is 0 Å². The zero-order valence-electron chi connectivity index (χ0n) is 12.4. The predicted molar refractivity (Wildman–Crippen MR) is 74.6 cm³/mol. The van der Waals surface area contributed by atoms with Crippen LogP contribution in [-0.4, -0.2) is 53.0 Å². The summed E-state index contributed by atoms with van der Waals surface area (Å²) in [5.74, 6) is -1.63. The lowest BCUT2D eigenvalue weighted by Crippen LogP contribution is -2.62. The molecule has 116 valence electrons. The highest BCUT2D eigenvalue weighted by molar-refractivity contribution is 5.86. The maximum absolute atomic E-state index is 13.7. The van der Waals surface area contributed by atoms with Crippen LogP contribution in [0.3, 0.4) is 0 Å². The molecule has 0 bridgehead atoms. The molecule has 1 aromatic rings. The molecule has 1 aliphatic rings. The highest BCUT2D eigenvalue weighted by Gasteiger charge is 2.41. The van der Waals surface area contributed by atoms with Crippen LogP contribution in [0.4, 0.5) is 8.78 Å². The first-order valence-electron chi connectivity index (χ1n) is 6.87. The number of nitrogens with zero attached hydrogens (tertiary/aromatic N) is 2. The van der Waals surface area contributed by atoms with E-state index in [1.807, 2.05) is 0 Å². The molecule has 0 aromatic heterocycles. The molecule has 0 saturated carbocycles. The van der Waals surface area contributed by atoms with Crippen LogP contribution >= 0.6 is 0 Å². The highest BCUT2D eigenvalue weighted by Crippen LogP contribution is 2.27. The van der Waals surface area contributed by atoms with Crippen molar-refractivity contribution in [3.05, 3.63) is 35.4 Å². The Hall–Kier alpha value is -1.53. The minimum absolute atomic E-state index is 0.00440. The van der Waals surface area contributed by atoms with Gasteiger partial charge in [-0.25, -0.2) is 8.78 Å². The lowest BCUT2D eigenvalue weighted by molar-refractivity contribution is -0.148. The van der Waals surface area contributed by atoms with E-state index in [4.69, 9.17) is 0 Å². The lowest BCUT2D eigenvalue weighted by Gasteiger charge is -2.45. The largest absolute Gasteiger partial charge is 0.387 e. The fraction of sp³-hybridized carbons (Fsp3) is 0.533. The third-order valence-electron chi connectivity index (χ3n) is 4.09. The molecule has 2 rings (SSSR count). The monoisotopic (exact) mass is 298 g/mol. The summed E-state index contributed by atoms with van der Waals surface area (Å²) >= 11 is 0. The Morgan fingerprint density at radius 3 is 2.43 bits per heavy atom. The number of hydrogen-bond acceptors (Lipinski definition) is 3. The maximum Gasteiger partial charge on any atom is 0.242 e. The zero-order valence-corrected chi connectivity index (χ0v) is 12.4. The number of carbonyl (C=O) groups is 1. The number of amides is 1. The van der Waals surface area contributed by atoms with Crippen LogP contribution in [0, 0.1) is 11.6 Å². The van der Waals surface area contributed by atoms with E-state index in [-0.39, 0.29) is 18.0 Å². The van der Waals surface area contributed by atoms with E-state index in [0.717, 1.165) is 12.1 Å². The molecular formula is C15H20F2N2O2. The second-order valence-corrected chi connectivity index (χ2v) is 5.88. The van der Waals surface area contributed by atoms with E-state index in [0.29, 0.717) is 13.1 Å². The number of likely N-dealkylation sites (N-methyl/N-ethyl adjacent to an activating group) is 1. The number of aliphatic hydroxyl groups excluding tert-OH is 1. The molecule has 1 saturated heterocycles. The third-order valence-corrected chi connectivity index (χ3v) is 4.09. The molecule has 1 atom stereocenters. The number of benzene rings is 1. The Morgan fingerprint density at radius 2 is 1.86 bits per heavy atom. The number of β-amino-alcohol motifs (C(OH)–C–C–N with tert-alkyl or cyclic N) is 1. The second kappa shape index (κ2) is 5.69. The van der Waals surface area contributed by atoms with Crippen molar-refractivity contribution >= 4 is 5.91 Å². The molecule has 1 aliphatic heterocycles. The van der Waals surface area contributed by atoms with E-state index >= 15 is 0 Å². The average Bonchev–Trinajstić information content (AvgIpc) is 2.40. The molecule has 1 unspecified atom stereocenters. The smallest absolute Gasteiger partial charge is 0.242 e. The van der Waals surface area contributed by atoms with Gasteiger partial charge < -0.3 is 10.0 Å². The van der Waals surface area contributed by atoms with E-state index in [9.17, 15) is 18.7 Å². The summed E-state index contributed by atoms with van der Waals surface area (Å²) in [6.45, 7) is 4.56. The van der Waals surface area contributed by atoms with Crippen molar-refractivity contribution in [3.8, 4) is 0 Å². The maximum atomic E-state index is 13.7. The minimum Gasteiger partial charge on any atom is -0.387 e. The number of rotatable bonds is 3. The van der Waals surface area contributed by atoms with E-state index < -0.39 is 23.3 Å². The van der Waals surface area contributed by atoms with Gasteiger partial charge in [0.25, 0.3) is 0 Å². The van der Waals surface area contributed by atoms with Gasteiger partial charge in [0.2, 0.25) is 5.91 Å². The van der Waals surface area contributed by atoms with Gasteiger partial charge in [0.1, 0.15) is 11.6 Å². The number of piperazine rings is 1. The van der Waals surface area contributed by atoms with Gasteiger partial charge in [0.15, 0.2) is 0 Å². The number of hydrogen-bond donors (Lipinski definition) is 1. The van der Waals surface area contributed by atoms with Crippen molar-refractivity contribution in [1.82, 2.24) is 9.80 Å². The van der Waals surface area contributed by atoms with Gasteiger partial charge in [-0.3, -0.25) is 9.69 Å². The number of halogens is 2. The Kier molecular flexibility index (Phi) is 4.30. The van der Waals surface area contributed by atoms with Crippen LogP contribution < -0.4 is 0 Å². The van der Waals surface area contributed by atoms with Gasteiger partial charge in [0, 0.05) is 26.7 Å². The Balaban J connectivity index is 2.20. The normalized spacial score (nSPS) is 20.7. The summed E-state index contributed by atoms with van der Waals surface area (Å²) in [6.07, 6.45) is -1.32. The van der Waals surface area contributed by atoms with Gasteiger partial charge in [-0.2, -0.15) is 0 Å². The van der Waals surface area contributed by atoms with Crippen molar-refractivity contribution in [2.75, 3.05) is 26.7 Å². The molecule has 1 fully saturated rings. The van der Waals surface area contributed by atoms with Crippen molar-refractivity contribution in [1.29, 1.82) is 0 Å². The summed E-state index contributed by atoms with van der Waals surface area (Å²) in [4.78, 5) is 15.5. The number of carbonyl (C=O) groups excluding carboxylic acids is 1. The predicted octanol–water partition coefficient (Wildman–Crippen LogP) is 1.55. The van der Waals surface area contributed by atoms with Crippen LogP contribution in [0.2, 0.25) is 0 Å². The van der Waals surface area contributed by atoms with Crippen LogP contribution in [0.1, 0.15) is 25.5 Å². The van der Waals surface area contributed by atoms with Gasteiger partial charge in [-0.1, -0.05) is 6.07 Å². The molecule has 0 spiro atoms. The Bertz CT molecular complexity index is 528. The summed E-state index contributed by atoms with van der Waals surface area (Å²) in [7, 11) is 1.72. The highest BCUT2D eigenvalue weighted by atomic mass is 19.1. The summed E-state index contributed by atoms with van der Waals surface area (Å²) in [6, 6.07) is 3.48. The first kappa shape index (κ1) is 15.9. The topological polar surface area (TPSA) is 43.8 Å². The quantitative estimate of drug-likeness (QED) is 0.921. The standard InChI is InChI=1S/C15H20F2N2O2/c1-15(2)14(21)18(3)7-8-19(15)9-12(20)13-10(16)5-4-6-11(13)17/h4-6,12,20H,7-9H2,1-3H3. The van der Waals surface area contributed by atoms with Crippen molar-refractivity contribution in [3.63, 3.8) is 0 Å². The first-order valence-corrected chi connectivity index (χ1v) is 6.87. The lowest BCUT2D eigenvalue weighted by atomic mass is 9.96. The fourth-order valence-electron chi connectivity index (χ4n) is 2.70. The molecule has 1 N–H and O–H groups in total. The van der Waals surface area contributed by atoms with E-state index in [2.05, 4.69) is 0 Å². The molecule has 0 aliphatic carbocycles. The molecule has 1 aromatic carbocycles. The molecule has 1 heterocycles. The summed E-state index contributed by atoms with van der Waals surface area (Å²) in [5, 5.41) is 10.2. The number of aliphatic hydroxyl groups is 1.